The van der Waals surface area contributed by atoms with Crippen LogP contribution in [0.4, 0.5) is 0 Å². The quantitative estimate of drug-likeness (QED) is 0.588. The molecule has 22 heavy (non-hydrogen) atoms. The second-order valence-corrected chi connectivity index (χ2v) is 5.51. The SMILES string of the molecule is CCCCC1O[C@@H]1C(=O)N[C@@H](Cc1ccccc1)C(=O)OC. The number of methoxy groups -OCH3 is 1. The number of hydrogen-bond donors (Lipinski definition) is 1. The monoisotopic (exact) mass is 305 g/mol. The predicted molar refractivity (Wildman–Crippen MR) is 82.3 cm³/mol. The molecule has 1 aromatic carbocycles. The standard InChI is InChI=1S/C17H23NO4/c1-3-4-10-14-15(22-14)16(19)18-13(17(20)21-2)11-12-8-6-5-7-9-12/h5-9,13-15H,3-4,10-11H2,1-2H3,(H,18,19)/t13-,14?,15-/m0/s1. The third-order valence-corrected chi connectivity index (χ3v) is 3.77. The van der Waals surface area contributed by atoms with E-state index < -0.39 is 18.1 Å². The lowest BCUT2D eigenvalue weighted by atomic mass is 10.1. The molecule has 1 aliphatic heterocycles. The number of hydrogen-bond acceptors (Lipinski definition) is 4. The minimum absolute atomic E-state index is 0.00466. The number of esters is 1. The smallest absolute Gasteiger partial charge is 0.328 e. The molecule has 1 amide bonds. The van der Waals surface area contributed by atoms with Crippen molar-refractivity contribution < 1.29 is 19.1 Å². The Morgan fingerprint density at radius 2 is 2.05 bits per heavy atom. The fraction of sp³-hybridized carbons (Fsp3) is 0.529. The first kappa shape index (κ1) is 16.5. The van der Waals surface area contributed by atoms with Gasteiger partial charge < -0.3 is 14.8 Å². The van der Waals surface area contributed by atoms with E-state index in [2.05, 4.69) is 12.2 Å². The molecule has 3 atom stereocenters. The van der Waals surface area contributed by atoms with Crippen molar-refractivity contribution >= 4 is 11.9 Å². The number of rotatable bonds is 8. The first-order valence-corrected chi connectivity index (χ1v) is 7.73. The van der Waals surface area contributed by atoms with Crippen molar-refractivity contribution in [3.05, 3.63) is 35.9 Å². The molecule has 5 heteroatoms. The number of amides is 1. The summed E-state index contributed by atoms with van der Waals surface area (Å²) in [4.78, 5) is 24.0. The molecule has 120 valence electrons. The van der Waals surface area contributed by atoms with E-state index in [1.807, 2.05) is 30.3 Å². The third-order valence-electron chi connectivity index (χ3n) is 3.77. The van der Waals surface area contributed by atoms with E-state index in [1.165, 1.54) is 7.11 Å². The molecule has 1 aromatic rings. The van der Waals surface area contributed by atoms with E-state index in [9.17, 15) is 9.59 Å². The summed E-state index contributed by atoms with van der Waals surface area (Å²) >= 11 is 0. The van der Waals surface area contributed by atoms with Crippen LogP contribution in [-0.2, 0) is 25.5 Å². The van der Waals surface area contributed by atoms with Crippen LogP contribution in [0.3, 0.4) is 0 Å². The first-order chi connectivity index (χ1) is 10.7. The number of unbranched alkanes of at least 4 members (excludes halogenated alkanes) is 1. The van der Waals surface area contributed by atoms with Crippen LogP contribution in [0.25, 0.3) is 0 Å². The van der Waals surface area contributed by atoms with Crippen molar-refractivity contribution in [2.24, 2.45) is 0 Å². The summed E-state index contributed by atoms with van der Waals surface area (Å²) < 4.78 is 10.2. The highest BCUT2D eigenvalue weighted by Gasteiger charge is 2.45. The molecule has 0 saturated carbocycles. The molecule has 1 heterocycles. The molecule has 0 spiro atoms. The van der Waals surface area contributed by atoms with Crippen LogP contribution in [0, 0.1) is 0 Å². The minimum Gasteiger partial charge on any atom is -0.467 e. The van der Waals surface area contributed by atoms with Gasteiger partial charge in [0.25, 0.3) is 5.91 Å². The van der Waals surface area contributed by atoms with Crippen LogP contribution in [0.1, 0.15) is 31.7 Å². The average molecular weight is 305 g/mol. The molecule has 0 bridgehead atoms. The van der Waals surface area contributed by atoms with Gasteiger partial charge in [-0.3, -0.25) is 4.79 Å². The molecule has 1 fully saturated rings. The summed E-state index contributed by atoms with van der Waals surface area (Å²) in [6.45, 7) is 2.10. The third kappa shape index (κ3) is 4.56. The number of benzene rings is 1. The van der Waals surface area contributed by atoms with Gasteiger partial charge in [-0.1, -0.05) is 50.1 Å². The Bertz CT molecular complexity index is 503. The van der Waals surface area contributed by atoms with E-state index in [0.29, 0.717) is 6.42 Å². The zero-order valence-electron chi connectivity index (χ0n) is 13.1. The average Bonchev–Trinajstić information content (AvgIpc) is 3.32. The van der Waals surface area contributed by atoms with Gasteiger partial charge in [0, 0.05) is 6.42 Å². The summed E-state index contributed by atoms with van der Waals surface area (Å²) in [6, 6.07) is 8.86. The molecule has 1 N–H and O–H groups in total. The highest BCUT2D eigenvalue weighted by molar-refractivity contribution is 5.88. The molecule has 0 radical (unpaired) electrons. The van der Waals surface area contributed by atoms with Crippen LogP contribution in [0.15, 0.2) is 30.3 Å². The largest absolute Gasteiger partial charge is 0.467 e. The van der Waals surface area contributed by atoms with Crippen LogP contribution >= 0.6 is 0 Å². The van der Waals surface area contributed by atoms with Gasteiger partial charge in [-0.2, -0.15) is 0 Å². The van der Waals surface area contributed by atoms with Gasteiger partial charge in [-0.25, -0.2) is 4.79 Å². The van der Waals surface area contributed by atoms with Gasteiger partial charge in [0.15, 0.2) is 6.10 Å². The Morgan fingerprint density at radius 1 is 1.32 bits per heavy atom. The van der Waals surface area contributed by atoms with Crippen LogP contribution < -0.4 is 5.32 Å². The summed E-state index contributed by atoms with van der Waals surface area (Å²) in [5.41, 5.74) is 0.970. The Labute approximate surface area is 131 Å². The fourth-order valence-corrected chi connectivity index (χ4v) is 2.44. The van der Waals surface area contributed by atoms with Crippen molar-refractivity contribution in [1.82, 2.24) is 5.32 Å². The topological polar surface area (TPSA) is 67.9 Å². The Balaban J connectivity index is 1.90. The zero-order valence-corrected chi connectivity index (χ0v) is 13.1. The van der Waals surface area contributed by atoms with Gasteiger partial charge in [0.2, 0.25) is 0 Å². The van der Waals surface area contributed by atoms with Gasteiger partial charge >= 0.3 is 5.97 Å². The van der Waals surface area contributed by atoms with E-state index >= 15 is 0 Å². The molecule has 2 rings (SSSR count). The second kappa shape index (κ2) is 7.94. The highest BCUT2D eigenvalue weighted by atomic mass is 16.6. The van der Waals surface area contributed by atoms with E-state index in [-0.39, 0.29) is 12.0 Å². The Kier molecular flexibility index (Phi) is 5.95. The summed E-state index contributed by atoms with van der Waals surface area (Å²) in [5, 5.41) is 2.75. The molecule has 1 saturated heterocycles. The number of ether oxygens (including phenoxy) is 2. The highest BCUT2D eigenvalue weighted by Crippen LogP contribution is 2.27. The lowest BCUT2D eigenvalue weighted by Gasteiger charge is -2.16. The van der Waals surface area contributed by atoms with E-state index in [4.69, 9.17) is 9.47 Å². The van der Waals surface area contributed by atoms with Crippen LogP contribution in [-0.4, -0.2) is 37.2 Å². The molecule has 1 aliphatic rings. The molecule has 0 aromatic heterocycles. The number of epoxide rings is 1. The van der Waals surface area contributed by atoms with Crippen molar-refractivity contribution in [2.45, 2.75) is 50.9 Å². The Morgan fingerprint density at radius 3 is 2.68 bits per heavy atom. The van der Waals surface area contributed by atoms with Crippen molar-refractivity contribution in [3.63, 3.8) is 0 Å². The summed E-state index contributed by atoms with van der Waals surface area (Å²) in [6.07, 6.45) is 2.98. The summed E-state index contributed by atoms with van der Waals surface area (Å²) in [7, 11) is 1.32. The summed E-state index contributed by atoms with van der Waals surface area (Å²) in [5.74, 6) is -0.671. The Hall–Kier alpha value is -1.88. The van der Waals surface area contributed by atoms with E-state index in [0.717, 1.165) is 24.8 Å². The maximum atomic E-state index is 12.2. The van der Waals surface area contributed by atoms with Crippen LogP contribution in [0.2, 0.25) is 0 Å². The van der Waals surface area contributed by atoms with Gasteiger partial charge in [0.05, 0.1) is 13.2 Å². The first-order valence-electron chi connectivity index (χ1n) is 7.73. The molecular formula is C17H23NO4. The van der Waals surface area contributed by atoms with Crippen molar-refractivity contribution in [3.8, 4) is 0 Å². The maximum absolute atomic E-state index is 12.2. The lowest BCUT2D eigenvalue weighted by Crippen LogP contribution is -2.45. The van der Waals surface area contributed by atoms with Gasteiger partial charge in [0.1, 0.15) is 6.04 Å². The van der Waals surface area contributed by atoms with Gasteiger partial charge in [-0.05, 0) is 12.0 Å². The van der Waals surface area contributed by atoms with Crippen LogP contribution in [0.5, 0.6) is 0 Å². The number of carbonyl (C=O) groups is 2. The van der Waals surface area contributed by atoms with Gasteiger partial charge in [-0.15, -0.1) is 0 Å². The molecule has 0 aliphatic carbocycles. The number of nitrogens with one attached hydrogen (secondary N) is 1. The molecule has 5 nitrogen and oxygen atoms in total. The fourth-order valence-electron chi connectivity index (χ4n) is 2.44. The maximum Gasteiger partial charge on any atom is 0.328 e. The van der Waals surface area contributed by atoms with Crippen molar-refractivity contribution in [1.29, 1.82) is 0 Å². The minimum atomic E-state index is -0.684. The van der Waals surface area contributed by atoms with Crippen molar-refractivity contribution in [2.75, 3.05) is 7.11 Å². The number of carbonyl (C=O) groups excluding carboxylic acids is 2. The lowest BCUT2D eigenvalue weighted by molar-refractivity contribution is -0.145. The predicted octanol–water partition coefficient (Wildman–Crippen LogP) is 1.84. The second-order valence-electron chi connectivity index (χ2n) is 5.51. The molecular weight excluding hydrogens is 282 g/mol. The molecule has 1 unspecified atom stereocenters. The van der Waals surface area contributed by atoms with E-state index in [1.54, 1.807) is 0 Å². The normalized spacial score (nSPS) is 21.0. The zero-order chi connectivity index (χ0) is 15.9.